The van der Waals surface area contributed by atoms with Crippen LogP contribution in [0.3, 0.4) is 0 Å². The highest BCUT2D eigenvalue weighted by Gasteiger charge is 2.34. The Morgan fingerprint density at radius 3 is 2.79 bits per heavy atom. The summed E-state index contributed by atoms with van der Waals surface area (Å²) in [5, 5.41) is 7.42. The lowest BCUT2D eigenvalue weighted by Gasteiger charge is -2.31. The normalized spacial score (nSPS) is 19.6. The molecule has 1 aliphatic carbocycles. The Morgan fingerprint density at radius 2 is 1.91 bits per heavy atom. The number of hydrogen-bond acceptors (Lipinski definition) is 5. The van der Waals surface area contributed by atoms with Gasteiger partial charge in [-0.25, -0.2) is 9.97 Å². The third-order valence-electron chi connectivity index (χ3n) is 7.43. The molecule has 7 nitrogen and oxygen atoms in total. The number of H-pyrrole nitrogens is 1. The molecule has 0 saturated carbocycles. The zero-order chi connectivity index (χ0) is 22.4. The van der Waals surface area contributed by atoms with Crippen molar-refractivity contribution >= 4 is 11.7 Å². The monoisotopic (exact) mass is 442 g/mol. The minimum absolute atomic E-state index is 0.0530. The van der Waals surface area contributed by atoms with Crippen LogP contribution in [0.5, 0.6) is 0 Å². The van der Waals surface area contributed by atoms with Gasteiger partial charge < -0.3 is 9.80 Å². The molecule has 1 atom stereocenters. The first-order chi connectivity index (χ1) is 16.2. The van der Waals surface area contributed by atoms with Crippen molar-refractivity contribution in [3.63, 3.8) is 0 Å². The van der Waals surface area contributed by atoms with Crippen LogP contribution in [0.1, 0.15) is 69.6 Å². The summed E-state index contributed by atoms with van der Waals surface area (Å²) in [7, 11) is 0. The van der Waals surface area contributed by atoms with Gasteiger partial charge in [-0.1, -0.05) is 30.3 Å². The van der Waals surface area contributed by atoms with E-state index in [1.165, 1.54) is 11.1 Å². The molecule has 2 aliphatic heterocycles. The predicted molar refractivity (Wildman–Crippen MR) is 126 cm³/mol. The minimum Gasteiger partial charge on any atom is -0.352 e. The zero-order valence-electron chi connectivity index (χ0n) is 19.2. The molecule has 1 saturated heterocycles. The van der Waals surface area contributed by atoms with E-state index in [2.05, 4.69) is 52.4 Å². The summed E-state index contributed by atoms with van der Waals surface area (Å²) < 4.78 is 0. The number of carbonyl (C=O) groups excluding carboxylic acids is 1. The fourth-order valence-electron chi connectivity index (χ4n) is 5.65. The van der Waals surface area contributed by atoms with E-state index in [1.807, 2.05) is 4.90 Å². The molecule has 7 heteroatoms. The Hall–Kier alpha value is -3.22. The maximum absolute atomic E-state index is 13.2. The van der Waals surface area contributed by atoms with Crippen molar-refractivity contribution in [1.29, 1.82) is 0 Å². The molecule has 0 radical (unpaired) electrons. The van der Waals surface area contributed by atoms with Gasteiger partial charge in [0.1, 0.15) is 11.6 Å². The summed E-state index contributed by atoms with van der Waals surface area (Å²) in [5.41, 5.74) is 6.55. The first-order valence-electron chi connectivity index (χ1n) is 12.2. The van der Waals surface area contributed by atoms with Crippen LogP contribution in [0.2, 0.25) is 0 Å². The predicted octanol–water partition coefficient (Wildman–Crippen LogP) is 3.58. The molecule has 0 bridgehead atoms. The molecule has 170 valence electrons. The Kier molecular flexibility index (Phi) is 5.12. The zero-order valence-corrected chi connectivity index (χ0v) is 19.2. The first-order valence-corrected chi connectivity index (χ1v) is 12.2. The van der Waals surface area contributed by atoms with Gasteiger partial charge in [0.15, 0.2) is 5.69 Å². The van der Waals surface area contributed by atoms with Gasteiger partial charge in [0.05, 0.1) is 0 Å². The van der Waals surface area contributed by atoms with E-state index in [0.717, 1.165) is 86.8 Å². The number of carbonyl (C=O) groups is 1. The molecule has 1 aromatic carbocycles. The van der Waals surface area contributed by atoms with Gasteiger partial charge in [-0.2, -0.15) is 5.10 Å². The lowest BCUT2D eigenvalue weighted by atomic mass is 10.0. The van der Waals surface area contributed by atoms with E-state index in [4.69, 9.17) is 9.97 Å². The van der Waals surface area contributed by atoms with E-state index in [0.29, 0.717) is 12.2 Å². The number of fused-ring (bicyclic) bond motifs is 2. The molecule has 1 N–H and O–H groups in total. The van der Waals surface area contributed by atoms with Gasteiger partial charge >= 0.3 is 0 Å². The number of rotatable bonds is 4. The molecule has 0 unspecified atom stereocenters. The number of hydrogen-bond donors (Lipinski definition) is 1. The van der Waals surface area contributed by atoms with Gasteiger partial charge in [-0.05, 0) is 51.0 Å². The third-order valence-corrected chi connectivity index (χ3v) is 7.43. The quantitative estimate of drug-likeness (QED) is 0.668. The smallest absolute Gasteiger partial charge is 0.274 e. The van der Waals surface area contributed by atoms with Gasteiger partial charge in [0.2, 0.25) is 0 Å². The standard InChI is InChI=1S/C26H30N6O/c1-17-20-10-6-13-31(15-18-7-3-2-4-8-18)25(20)28-24(27-17)19-12-14-32(16-19)26(33)23-21-9-5-11-22(21)29-30-23/h2-4,7-8,19H,5-6,9-16H2,1H3,(H,29,30)/t19-/m0/s1. The highest BCUT2D eigenvalue weighted by Crippen LogP contribution is 2.33. The van der Waals surface area contributed by atoms with Crippen LogP contribution < -0.4 is 4.90 Å². The number of aryl methyl sites for hydroxylation is 2. The summed E-state index contributed by atoms with van der Waals surface area (Å²) in [5.74, 6) is 2.19. The van der Waals surface area contributed by atoms with Crippen LogP contribution in [0.15, 0.2) is 30.3 Å². The molecule has 6 rings (SSSR count). The lowest BCUT2D eigenvalue weighted by molar-refractivity contribution is 0.0783. The van der Waals surface area contributed by atoms with Crippen molar-refractivity contribution in [1.82, 2.24) is 25.1 Å². The summed E-state index contributed by atoms with van der Waals surface area (Å²) in [6.45, 7) is 5.39. The fraction of sp³-hybridized carbons (Fsp3) is 0.462. The molecule has 4 heterocycles. The summed E-state index contributed by atoms with van der Waals surface area (Å²) in [4.78, 5) is 27.6. The van der Waals surface area contributed by atoms with Crippen LogP contribution in [-0.4, -0.2) is 50.6 Å². The maximum atomic E-state index is 13.2. The third kappa shape index (κ3) is 3.69. The molecule has 1 amide bonds. The number of amides is 1. The molecule has 3 aromatic rings. The molecule has 1 fully saturated rings. The molecule has 33 heavy (non-hydrogen) atoms. The van der Waals surface area contributed by atoms with Crippen LogP contribution in [0.4, 0.5) is 5.82 Å². The van der Waals surface area contributed by atoms with Gasteiger partial charge in [0.25, 0.3) is 5.91 Å². The van der Waals surface area contributed by atoms with Crippen molar-refractivity contribution in [3.8, 4) is 0 Å². The molecule has 3 aliphatic rings. The van der Waals surface area contributed by atoms with E-state index in [1.54, 1.807) is 0 Å². The summed E-state index contributed by atoms with van der Waals surface area (Å²) in [6.07, 6.45) is 6.12. The number of aromatic nitrogens is 4. The molecule has 0 spiro atoms. The number of benzene rings is 1. The van der Waals surface area contributed by atoms with Crippen molar-refractivity contribution < 1.29 is 4.79 Å². The number of anilines is 1. The van der Waals surface area contributed by atoms with Crippen molar-refractivity contribution in [2.45, 2.75) is 57.9 Å². The number of nitrogens with zero attached hydrogens (tertiary/aromatic N) is 5. The number of nitrogens with one attached hydrogen (secondary N) is 1. The van der Waals surface area contributed by atoms with E-state index in [-0.39, 0.29) is 11.8 Å². The summed E-state index contributed by atoms with van der Waals surface area (Å²) in [6, 6.07) is 10.6. The van der Waals surface area contributed by atoms with E-state index in [9.17, 15) is 4.79 Å². The van der Waals surface area contributed by atoms with Crippen LogP contribution in [0.25, 0.3) is 0 Å². The second-order valence-corrected chi connectivity index (χ2v) is 9.60. The SMILES string of the molecule is Cc1nc([C@H]2CCN(C(=O)c3n[nH]c4c3CCC4)C2)nc2c1CCCN2Cc1ccccc1. The van der Waals surface area contributed by atoms with Gasteiger partial charge in [-0.3, -0.25) is 9.89 Å². The second kappa shape index (κ2) is 8.28. The fourth-order valence-corrected chi connectivity index (χ4v) is 5.65. The van der Waals surface area contributed by atoms with Crippen LogP contribution in [0, 0.1) is 6.92 Å². The maximum Gasteiger partial charge on any atom is 0.274 e. The first kappa shape index (κ1) is 20.4. The average molecular weight is 443 g/mol. The molecular formula is C26H30N6O. The van der Waals surface area contributed by atoms with Crippen molar-refractivity contribution in [3.05, 3.63) is 69.9 Å². The van der Waals surface area contributed by atoms with Crippen molar-refractivity contribution in [2.24, 2.45) is 0 Å². The number of aromatic amines is 1. The molecule has 2 aromatic heterocycles. The Labute approximate surface area is 194 Å². The Bertz CT molecular complexity index is 1190. The van der Waals surface area contributed by atoms with Gasteiger partial charge in [-0.15, -0.1) is 0 Å². The Morgan fingerprint density at radius 1 is 1.06 bits per heavy atom. The summed E-state index contributed by atoms with van der Waals surface area (Å²) >= 11 is 0. The Balaban J connectivity index is 1.23. The van der Waals surface area contributed by atoms with Crippen LogP contribution >= 0.6 is 0 Å². The van der Waals surface area contributed by atoms with Crippen LogP contribution in [-0.2, 0) is 25.8 Å². The lowest BCUT2D eigenvalue weighted by Crippen LogP contribution is -2.32. The largest absolute Gasteiger partial charge is 0.352 e. The number of likely N-dealkylation sites (tertiary alicyclic amines) is 1. The highest BCUT2D eigenvalue weighted by molar-refractivity contribution is 5.94. The van der Waals surface area contributed by atoms with Crippen molar-refractivity contribution in [2.75, 3.05) is 24.5 Å². The minimum atomic E-state index is 0.0530. The topological polar surface area (TPSA) is 78.0 Å². The van der Waals surface area contributed by atoms with E-state index >= 15 is 0 Å². The average Bonchev–Trinajstić information content (AvgIpc) is 3.57. The highest BCUT2D eigenvalue weighted by atomic mass is 16.2. The molecular weight excluding hydrogens is 412 g/mol. The van der Waals surface area contributed by atoms with Gasteiger partial charge in [0, 0.05) is 54.6 Å². The van der Waals surface area contributed by atoms with E-state index < -0.39 is 0 Å². The second-order valence-electron chi connectivity index (χ2n) is 9.60.